The molecule has 1 aliphatic heterocycles. The van der Waals surface area contributed by atoms with Crippen LogP contribution in [-0.2, 0) is 21.2 Å². The molecule has 3 rings (SSSR count). The Morgan fingerprint density at radius 2 is 1.70 bits per heavy atom. The minimum Gasteiger partial charge on any atom is -0.452 e. The molecule has 1 saturated heterocycles. The van der Waals surface area contributed by atoms with Crippen LogP contribution in [0, 0.1) is 0 Å². The van der Waals surface area contributed by atoms with Crippen molar-refractivity contribution in [3.05, 3.63) is 54.3 Å². The Balaban J connectivity index is 1.59. The Kier molecular flexibility index (Phi) is 4.49. The van der Waals surface area contributed by atoms with Gasteiger partial charge in [-0.2, -0.15) is 4.31 Å². The van der Waals surface area contributed by atoms with E-state index >= 15 is 0 Å². The van der Waals surface area contributed by atoms with Gasteiger partial charge in [0.25, 0.3) is 10.0 Å². The number of rotatable bonds is 4. The third kappa shape index (κ3) is 3.46. The van der Waals surface area contributed by atoms with Gasteiger partial charge in [0, 0.05) is 26.2 Å². The summed E-state index contributed by atoms with van der Waals surface area (Å²) < 4.78 is 31.0. The van der Waals surface area contributed by atoms with Crippen LogP contribution in [0.2, 0.25) is 0 Å². The van der Waals surface area contributed by atoms with Crippen molar-refractivity contribution in [3.8, 4) is 0 Å². The highest BCUT2D eigenvalue weighted by atomic mass is 32.2. The molecule has 0 aliphatic carbocycles. The van der Waals surface area contributed by atoms with Gasteiger partial charge in [0.05, 0.1) is 12.7 Å². The Labute approximate surface area is 135 Å². The van der Waals surface area contributed by atoms with Gasteiger partial charge >= 0.3 is 0 Å². The molecule has 0 radical (unpaired) electrons. The lowest BCUT2D eigenvalue weighted by Crippen LogP contribution is -2.50. The molecule has 6 nitrogen and oxygen atoms in total. The molecule has 7 heteroatoms. The number of carbonyl (C=O) groups excluding carboxylic acids is 1. The number of carbonyl (C=O) groups is 1. The second-order valence-corrected chi connectivity index (χ2v) is 7.25. The molecule has 23 heavy (non-hydrogen) atoms. The van der Waals surface area contributed by atoms with Crippen molar-refractivity contribution in [3.63, 3.8) is 0 Å². The molecule has 1 aromatic carbocycles. The molecule has 0 spiro atoms. The van der Waals surface area contributed by atoms with Crippen LogP contribution < -0.4 is 0 Å². The van der Waals surface area contributed by atoms with E-state index in [1.807, 2.05) is 30.3 Å². The van der Waals surface area contributed by atoms with Crippen molar-refractivity contribution in [2.45, 2.75) is 11.5 Å². The van der Waals surface area contributed by atoms with E-state index in [9.17, 15) is 13.2 Å². The number of sulfonamides is 1. The van der Waals surface area contributed by atoms with Crippen LogP contribution >= 0.6 is 0 Å². The molecule has 0 saturated carbocycles. The summed E-state index contributed by atoms with van der Waals surface area (Å²) in [5, 5.41) is -0.0541. The highest BCUT2D eigenvalue weighted by Crippen LogP contribution is 2.18. The van der Waals surface area contributed by atoms with E-state index in [4.69, 9.17) is 4.42 Å². The number of furan rings is 1. The first-order valence-corrected chi connectivity index (χ1v) is 8.87. The summed E-state index contributed by atoms with van der Waals surface area (Å²) in [6, 6.07) is 12.5. The normalized spacial score (nSPS) is 16.4. The van der Waals surface area contributed by atoms with E-state index in [0.717, 1.165) is 5.56 Å². The van der Waals surface area contributed by atoms with Crippen molar-refractivity contribution in [2.75, 3.05) is 26.2 Å². The quantitative estimate of drug-likeness (QED) is 0.846. The van der Waals surface area contributed by atoms with Crippen LogP contribution in [0.15, 0.2) is 58.2 Å². The fraction of sp³-hybridized carbons (Fsp3) is 0.312. The maximum atomic E-state index is 12.3. The summed E-state index contributed by atoms with van der Waals surface area (Å²) in [6.45, 7) is 1.35. The molecule has 2 heterocycles. The average molecular weight is 334 g/mol. The molecule has 1 fully saturated rings. The van der Waals surface area contributed by atoms with Crippen LogP contribution in [0.1, 0.15) is 5.56 Å². The van der Waals surface area contributed by atoms with E-state index < -0.39 is 10.0 Å². The van der Waals surface area contributed by atoms with E-state index in [1.165, 1.54) is 16.6 Å². The van der Waals surface area contributed by atoms with Crippen molar-refractivity contribution in [2.24, 2.45) is 0 Å². The largest absolute Gasteiger partial charge is 0.452 e. The molecular formula is C16H18N2O4S. The second kappa shape index (κ2) is 6.55. The smallest absolute Gasteiger partial charge is 0.276 e. The number of nitrogens with zero attached hydrogens (tertiary/aromatic N) is 2. The predicted octanol–water partition coefficient (Wildman–Crippen LogP) is 1.36. The van der Waals surface area contributed by atoms with Gasteiger partial charge in [-0.05, 0) is 17.7 Å². The fourth-order valence-corrected chi connectivity index (χ4v) is 3.92. The molecule has 0 unspecified atom stereocenters. The van der Waals surface area contributed by atoms with Gasteiger partial charge in [0.2, 0.25) is 11.0 Å². The van der Waals surface area contributed by atoms with Crippen LogP contribution in [0.5, 0.6) is 0 Å². The lowest BCUT2D eigenvalue weighted by atomic mass is 10.1. The molecule has 1 amide bonds. The van der Waals surface area contributed by atoms with Crippen LogP contribution in [0.25, 0.3) is 0 Å². The number of amides is 1. The van der Waals surface area contributed by atoms with Crippen molar-refractivity contribution < 1.29 is 17.6 Å². The van der Waals surface area contributed by atoms with E-state index in [1.54, 1.807) is 11.0 Å². The standard InChI is InChI=1S/C16H18N2O4S/c19-15(13-14-5-2-1-3-6-14)17-8-10-18(11-9-17)23(20,21)16-7-4-12-22-16/h1-7,12H,8-11,13H2. The third-order valence-corrected chi connectivity index (χ3v) is 5.66. The Morgan fingerprint density at radius 1 is 1.00 bits per heavy atom. The summed E-state index contributed by atoms with van der Waals surface area (Å²) in [5.41, 5.74) is 0.961. The first-order valence-electron chi connectivity index (χ1n) is 7.43. The van der Waals surface area contributed by atoms with Crippen molar-refractivity contribution >= 4 is 15.9 Å². The minimum absolute atomic E-state index is 0.0197. The Bertz CT molecular complexity index is 749. The summed E-state index contributed by atoms with van der Waals surface area (Å²) >= 11 is 0. The summed E-state index contributed by atoms with van der Waals surface area (Å²) in [6.07, 6.45) is 1.68. The highest BCUT2D eigenvalue weighted by Gasteiger charge is 2.31. The molecule has 0 N–H and O–H groups in total. The molecule has 0 atom stereocenters. The molecule has 1 aliphatic rings. The summed E-state index contributed by atoms with van der Waals surface area (Å²) in [5.74, 6) is 0.0197. The number of hydrogen-bond donors (Lipinski definition) is 0. The van der Waals surface area contributed by atoms with Gasteiger partial charge in [-0.25, -0.2) is 8.42 Å². The zero-order valence-electron chi connectivity index (χ0n) is 12.6. The maximum absolute atomic E-state index is 12.3. The topological polar surface area (TPSA) is 70.8 Å². The zero-order valence-corrected chi connectivity index (χ0v) is 13.4. The SMILES string of the molecule is O=C(Cc1ccccc1)N1CCN(S(=O)(=O)c2ccco2)CC1. The van der Waals surface area contributed by atoms with Crippen LogP contribution in [0.3, 0.4) is 0 Å². The van der Waals surface area contributed by atoms with Gasteiger partial charge < -0.3 is 9.32 Å². The van der Waals surface area contributed by atoms with Crippen molar-refractivity contribution in [1.29, 1.82) is 0 Å². The molecule has 1 aromatic heterocycles. The van der Waals surface area contributed by atoms with E-state index in [-0.39, 0.29) is 24.1 Å². The fourth-order valence-electron chi connectivity index (χ4n) is 2.60. The van der Waals surface area contributed by atoms with Crippen molar-refractivity contribution in [1.82, 2.24) is 9.21 Å². The minimum atomic E-state index is -3.60. The summed E-state index contributed by atoms with van der Waals surface area (Å²) in [4.78, 5) is 14.0. The van der Waals surface area contributed by atoms with Gasteiger partial charge in [-0.15, -0.1) is 0 Å². The number of benzene rings is 1. The van der Waals surface area contributed by atoms with E-state index in [0.29, 0.717) is 19.5 Å². The lowest BCUT2D eigenvalue weighted by molar-refractivity contribution is -0.131. The third-order valence-electron chi connectivity index (χ3n) is 3.88. The Hall–Kier alpha value is -2.12. The number of piperazine rings is 1. The molecule has 0 bridgehead atoms. The highest BCUT2D eigenvalue weighted by molar-refractivity contribution is 7.89. The van der Waals surface area contributed by atoms with Gasteiger partial charge in [0.15, 0.2) is 0 Å². The number of hydrogen-bond acceptors (Lipinski definition) is 4. The monoisotopic (exact) mass is 334 g/mol. The Morgan fingerprint density at radius 3 is 2.30 bits per heavy atom. The van der Waals surface area contributed by atoms with Gasteiger partial charge in [-0.3, -0.25) is 4.79 Å². The van der Waals surface area contributed by atoms with E-state index in [2.05, 4.69) is 0 Å². The molecular weight excluding hydrogens is 316 g/mol. The zero-order chi connectivity index (χ0) is 16.3. The second-order valence-electron chi connectivity index (χ2n) is 5.38. The predicted molar refractivity (Wildman–Crippen MR) is 84.2 cm³/mol. The lowest BCUT2D eigenvalue weighted by Gasteiger charge is -2.33. The average Bonchev–Trinajstić information content (AvgIpc) is 3.11. The molecule has 122 valence electrons. The van der Waals surface area contributed by atoms with Gasteiger partial charge in [-0.1, -0.05) is 30.3 Å². The van der Waals surface area contributed by atoms with Gasteiger partial charge in [0.1, 0.15) is 0 Å². The summed E-state index contributed by atoms with van der Waals surface area (Å²) in [7, 11) is -3.60. The maximum Gasteiger partial charge on any atom is 0.276 e. The van der Waals surface area contributed by atoms with Crippen LogP contribution in [0.4, 0.5) is 0 Å². The first kappa shape index (κ1) is 15.8. The first-order chi connectivity index (χ1) is 11.1. The molecule has 2 aromatic rings. The van der Waals surface area contributed by atoms with Crippen LogP contribution in [-0.4, -0.2) is 49.7 Å².